The van der Waals surface area contributed by atoms with Gasteiger partial charge in [-0.25, -0.2) is 9.67 Å². The molecule has 1 aliphatic carbocycles. The van der Waals surface area contributed by atoms with Gasteiger partial charge in [-0.1, -0.05) is 0 Å². The average molecular weight is 389 g/mol. The van der Waals surface area contributed by atoms with Gasteiger partial charge in [0.1, 0.15) is 17.9 Å². The standard InChI is InChI=1S/C20H19N7O2/c1-12-23-17(26-20(2)5-6-20)16-15(11-29-19(16)24-12)18(28)25-13-9-22-27(10-13)14-3-7-21-8-4-14/h3-4,7-11H,5-6H2,1-2H3,(H,25,28)(H,23,24,26). The van der Waals surface area contributed by atoms with E-state index in [0.29, 0.717) is 34.0 Å². The lowest BCUT2D eigenvalue weighted by atomic mass is 10.2. The van der Waals surface area contributed by atoms with E-state index < -0.39 is 0 Å². The van der Waals surface area contributed by atoms with Crippen molar-refractivity contribution in [2.24, 2.45) is 0 Å². The summed E-state index contributed by atoms with van der Waals surface area (Å²) in [5.74, 6) is 0.901. The lowest BCUT2D eigenvalue weighted by Crippen LogP contribution is -2.18. The first-order chi connectivity index (χ1) is 14.0. The molecular formula is C20H19N7O2. The summed E-state index contributed by atoms with van der Waals surface area (Å²) >= 11 is 0. The Labute approximate surface area is 166 Å². The number of hydrogen-bond acceptors (Lipinski definition) is 7. The number of carbonyl (C=O) groups is 1. The van der Waals surface area contributed by atoms with Crippen molar-refractivity contribution in [2.75, 3.05) is 10.6 Å². The third kappa shape index (κ3) is 3.31. The highest BCUT2D eigenvalue weighted by Crippen LogP contribution is 2.40. The number of nitrogens with zero attached hydrogens (tertiary/aromatic N) is 5. The molecule has 0 unspecified atom stereocenters. The Kier molecular flexibility index (Phi) is 3.83. The van der Waals surface area contributed by atoms with Crippen LogP contribution in [0.5, 0.6) is 0 Å². The Balaban J connectivity index is 1.45. The molecule has 0 aromatic carbocycles. The summed E-state index contributed by atoms with van der Waals surface area (Å²) in [7, 11) is 0. The molecule has 1 aliphatic rings. The Morgan fingerprint density at radius 3 is 2.79 bits per heavy atom. The third-order valence-corrected chi connectivity index (χ3v) is 4.98. The molecule has 146 valence electrons. The van der Waals surface area contributed by atoms with E-state index >= 15 is 0 Å². The van der Waals surface area contributed by atoms with E-state index in [0.717, 1.165) is 18.5 Å². The molecule has 2 N–H and O–H groups in total. The molecule has 1 saturated carbocycles. The summed E-state index contributed by atoms with van der Waals surface area (Å²) in [6.07, 6.45) is 10.2. The van der Waals surface area contributed by atoms with Crippen LogP contribution in [0.4, 0.5) is 11.5 Å². The fourth-order valence-electron chi connectivity index (χ4n) is 3.13. The highest BCUT2D eigenvalue weighted by Gasteiger charge is 2.38. The molecule has 29 heavy (non-hydrogen) atoms. The second kappa shape index (κ2) is 6.40. The molecule has 4 heterocycles. The first-order valence-corrected chi connectivity index (χ1v) is 9.31. The van der Waals surface area contributed by atoms with Crippen LogP contribution in [0, 0.1) is 6.92 Å². The number of amides is 1. The van der Waals surface area contributed by atoms with E-state index in [1.807, 2.05) is 12.1 Å². The van der Waals surface area contributed by atoms with Crippen LogP contribution < -0.4 is 10.6 Å². The van der Waals surface area contributed by atoms with Crippen LogP contribution in [0.15, 0.2) is 47.6 Å². The van der Waals surface area contributed by atoms with Gasteiger partial charge in [-0.3, -0.25) is 9.78 Å². The number of furan rings is 1. The molecule has 5 rings (SSSR count). The molecule has 4 aromatic rings. The molecule has 0 aliphatic heterocycles. The summed E-state index contributed by atoms with van der Waals surface area (Å²) in [5, 5.41) is 11.2. The van der Waals surface area contributed by atoms with Crippen molar-refractivity contribution in [3.05, 3.63) is 54.6 Å². The molecule has 0 atom stereocenters. The van der Waals surface area contributed by atoms with E-state index in [1.165, 1.54) is 6.26 Å². The van der Waals surface area contributed by atoms with Crippen molar-refractivity contribution < 1.29 is 9.21 Å². The van der Waals surface area contributed by atoms with Crippen molar-refractivity contribution in [2.45, 2.75) is 32.2 Å². The zero-order valence-corrected chi connectivity index (χ0v) is 16.0. The predicted molar refractivity (Wildman–Crippen MR) is 107 cm³/mol. The van der Waals surface area contributed by atoms with Gasteiger partial charge in [0.15, 0.2) is 0 Å². The van der Waals surface area contributed by atoms with Gasteiger partial charge in [-0.15, -0.1) is 0 Å². The maximum atomic E-state index is 13.0. The maximum absolute atomic E-state index is 13.0. The number of hydrogen-bond donors (Lipinski definition) is 2. The maximum Gasteiger partial charge on any atom is 0.259 e. The molecule has 1 amide bonds. The minimum absolute atomic E-state index is 0.00438. The summed E-state index contributed by atoms with van der Waals surface area (Å²) < 4.78 is 7.22. The van der Waals surface area contributed by atoms with Crippen LogP contribution >= 0.6 is 0 Å². The van der Waals surface area contributed by atoms with Crippen molar-refractivity contribution in [3.8, 4) is 5.69 Å². The van der Waals surface area contributed by atoms with Gasteiger partial charge >= 0.3 is 0 Å². The molecule has 4 aromatic heterocycles. The largest absolute Gasteiger partial charge is 0.445 e. The molecule has 0 spiro atoms. The lowest BCUT2D eigenvalue weighted by Gasteiger charge is -2.13. The highest BCUT2D eigenvalue weighted by atomic mass is 16.3. The monoisotopic (exact) mass is 389 g/mol. The SMILES string of the molecule is Cc1nc(NC2(C)CC2)c2c(C(=O)Nc3cnn(-c4ccncc4)c3)coc2n1. The summed E-state index contributed by atoms with van der Waals surface area (Å²) in [6.45, 7) is 3.93. The molecule has 9 heteroatoms. The topological polar surface area (TPSA) is 111 Å². The van der Waals surface area contributed by atoms with E-state index in [2.05, 4.69) is 37.6 Å². The molecular weight excluding hydrogens is 370 g/mol. The number of aryl methyl sites for hydroxylation is 1. The van der Waals surface area contributed by atoms with Gasteiger partial charge in [0, 0.05) is 17.9 Å². The number of nitrogens with one attached hydrogen (secondary N) is 2. The molecule has 0 bridgehead atoms. The normalized spacial score (nSPS) is 14.7. The van der Waals surface area contributed by atoms with Gasteiger partial charge in [-0.05, 0) is 38.8 Å². The van der Waals surface area contributed by atoms with E-state index in [9.17, 15) is 4.79 Å². The molecule has 0 saturated heterocycles. The van der Waals surface area contributed by atoms with Gasteiger partial charge in [0.05, 0.1) is 34.7 Å². The number of pyridine rings is 1. The first-order valence-electron chi connectivity index (χ1n) is 9.31. The number of fused-ring (bicyclic) bond motifs is 1. The lowest BCUT2D eigenvalue weighted by molar-refractivity contribution is 0.102. The average Bonchev–Trinajstić information content (AvgIpc) is 3.09. The Morgan fingerprint density at radius 2 is 2.03 bits per heavy atom. The Bertz CT molecular complexity index is 1210. The third-order valence-electron chi connectivity index (χ3n) is 4.98. The first kappa shape index (κ1) is 17.4. The Morgan fingerprint density at radius 1 is 1.24 bits per heavy atom. The Hall–Kier alpha value is -3.75. The van der Waals surface area contributed by atoms with E-state index in [1.54, 1.807) is 36.4 Å². The predicted octanol–water partition coefficient (Wildman–Crippen LogP) is 3.33. The smallest absolute Gasteiger partial charge is 0.259 e. The molecule has 0 radical (unpaired) electrons. The van der Waals surface area contributed by atoms with Gasteiger partial charge in [0.2, 0.25) is 5.71 Å². The van der Waals surface area contributed by atoms with Crippen LogP contribution in [-0.4, -0.2) is 36.2 Å². The summed E-state index contributed by atoms with van der Waals surface area (Å²) in [6, 6.07) is 3.66. The van der Waals surface area contributed by atoms with Crippen LogP contribution in [0.1, 0.15) is 35.9 Å². The van der Waals surface area contributed by atoms with Gasteiger partial charge in [-0.2, -0.15) is 10.1 Å². The van der Waals surface area contributed by atoms with Crippen molar-refractivity contribution in [3.63, 3.8) is 0 Å². The number of anilines is 2. The van der Waals surface area contributed by atoms with Crippen molar-refractivity contribution in [1.29, 1.82) is 0 Å². The van der Waals surface area contributed by atoms with E-state index in [-0.39, 0.29) is 11.4 Å². The van der Waals surface area contributed by atoms with Crippen LogP contribution in [0.25, 0.3) is 16.8 Å². The van der Waals surface area contributed by atoms with Gasteiger partial charge < -0.3 is 15.1 Å². The number of rotatable bonds is 5. The van der Waals surface area contributed by atoms with Crippen molar-refractivity contribution >= 4 is 28.5 Å². The summed E-state index contributed by atoms with van der Waals surface area (Å²) in [4.78, 5) is 25.8. The fourth-order valence-corrected chi connectivity index (χ4v) is 3.13. The van der Waals surface area contributed by atoms with Gasteiger partial charge in [0.25, 0.3) is 5.91 Å². The van der Waals surface area contributed by atoms with Crippen LogP contribution in [0.3, 0.4) is 0 Å². The molecule has 1 fully saturated rings. The minimum atomic E-state index is -0.311. The summed E-state index contributed by atoms with van der Waals surface area (Å²) in [5.41, 5.74) is 2.19. The number of carbonyl (C=O) groups excluding carboxylic acids is 1. The second-order valence-corrected chi connectivity index (χ2v) is 7.47. The number of aromatic nitrogens is 5. The highest BCUT2D eigenvalue weighted by molar-refractivity contribution is 6.14. The van der Waals surface area contributed by atoms with Crippen molar-refractivity contribution in [1.82, 2.24) is 24.7 Å². The quantitative estimate of drug-likeness (QED) is 0.538. The fraction of sp³-hybridized carbons (Fsp3) is 0.250. The molecule has 9 nitrogen and oxygen atoms in total. The minimum Gasteiger partial charge on any atom is -0.445 e. The van der Waals surface area contributed by atoms with E-state index in [4.69, 9.17) is 4.42 Å². The second-order valence-electron chi connectivity index (χ2n) is 7.47. The zero-order valence-electron chi connectivity index (χ0n) is 16.0. The zero-order chi connectivity index (χ0) is 20.0. The van der Waals surface area contributed by atoms with Crippen LogP contribution in [0.2, 0.25) is 0 Å². The van der Waals surface area contributed by atoms with Crippen LogP contribution in [-0.2, 0) is 0 Å².